The van der Waals surface area contributed by atoms with Crippen LogP contribution in [0.2, 0.25) is 0 Å². The molecule has 1 atom stereocenters. The Balaban J connectivity index is 2.97. The summed E-state index contributed by atoms with van der Waals surface area (Å²) >= 11 is 0. The second-order valence-electron chi connectivity index (χ2n) is 4.60. The zero-order valence-electron chi connectivity index (χ0n) is 10.3. The minimum Gasteiger partial charge on any atom is -0.469 e. The third kappa shape index (κ3) is 2.42. The average molecular weight is 221 g/mol. The Labute approximate surface area is 96.6 Å². The van der Waals surface area contributed by atoms with Gasteiger partial charge < -0.3 is 10.5 Å². The molecule has 0 aliphatic rings. The van der Waals surface area contributed by atoms with Crippen LogP contribution in [-0.4, -0.2) is 13.1 Å². The fourth-order valence-electron chi connectivity index (χ4n) is 1.58. The Kier molecular flexibility index (Phi) is 3.70. The van der Waals surface area contributed by atoms with Gasteiger partial charge in [0.1, 0.15) is 0 Å². The van der Waals surface area contributed by atoms with Crippen molar-refractivity contribution in [2.45, 2.75) is 26.8 Å². The maximum Gasteiger partial charge on any atom is 0.313 e. The lowest BCUT2D eigenvalue weighted by Crippen LogP contribution is -2.37. The van der Waals surface area contributed by atoms with Crippen LogP contribution in [0.5, 0.6) is 0 Å². The van der Waals surface area contributed by atoms with Crippen LogP contribution >= 0.6 is 0 Å². The smallest absolute Gasteiger partial charge is 0.313 e. The predicted molar refractivity (Wildman–Crippen MR) is 63.9 cm³/mol. The van der Waals surface area contributed by atoms with Crippen molar-refractivity contribution in [1.82, 2.24) is 0 Å². The van der Waals surface area contributed by atoms with Crippen LogP contribution in [-0.2, 0) is 9.53 Å². The molecule has 0 spiro atoms. The topological polar surface area (TPSA) is 52.3 Å². The molecule has 88 valence electrons. The van der Waals surface area contributed by atoms with Crippen molar-refractivity contribution in [3.8, 4) is 0 Å². The molecule has 3 nitrogen and oxygen atoms in total. The molecule has 0 fully saturated rings. The van der Waals surface area contributed by atoms with E-state index in [2.05, 4.69) is 0 Å². The largest absolute Gasteiger partial charge is 0.469 e. The number of ether oxygens (including phenoxy) is 1. The monoisotopic (exact) mass is 221 g/mol. The number of esters is 1. The highest BCUT2D eigenvalue weighted by molar-refractivity contribution is 5.77. The molecule has 0 radical (unpaired) electrons. The Bertz CT molecular complexity index is 368. The Morgan fingerprint density at radius 2 is 1.81 bits per heavy atom. The molecule has 0 saturated carbocycles. The van der Waals surface area contributed by atoms with Crippen LogP contribution in [0.25, 0.3) is 0 Å². The average Bonchev–Trinajstić information content (AvgIpc) is 2.28. The van der Waals surface area contributed by atoms with Crippen LogP contribution in [0.1, 0.15) is 31.0 Å². The molecule has 0 bridgehead atoms. The number of carbonyl (C=O) groups is 1. The molecule has 1 aromatic carbocycles. The lowest BCUT2D eigenvalue weighted by atomic mass is 9.81. The van der Waals surface area contributed by atoms with Gasteiger partial charge in [-0.05, 0) is 26.3 Å². The quantitative estimate of drug-likeness (QED) is 0.796. The highest BCUT2D eigenvalue weighted by atomic mass is 16.5. The third-order valence-electron chi connectivity index (χ3n) is 2.93. The highest BCUT2D eigenvalue weighted by Gasteiger charge is 2.36. The summed E-state index contributed by atoms with van der Waals surface area (Å²) in [5.74, 6) is -0.291. The van der Waals surface area contributed by atoms with Crippen LogP contribution in [0.15, 0.2) is 24.3 Å². The fourth-order valence-corrected chi connectivity index (χ4v) is 1.58. The molecule has 0 amide bonds. The van der Waals surface area contributed by atoms with E-state index in [4.69, 9.17) is 10.5 Å². The van der Waals surface area contributed by atoms with E-state index >= 15 is 0 Å². The zero-order chi connectivity index (χ0) is 12.3. The first-order valence-corrected chi connectivity index (χ1v) is 5.30. The first-order valence-electron chi connectivity index (χ1n) is 5.30. The molecule has 0 aliphatic heterocycles. The summed E-state index contributed by atoms with van der Waals surface area (Å²) in [7, 11) is 1.38. The first-order chi connectivity index (χ1) is 7.39. The van der Waals surface area contributed by atoms with Crippen molar-refractivity contribution in [2.75, 3.05) is 7.11 Å². The van der Waals surface area contributed by atoms with Crippen molar-refractivity contribution in [3.05, 3.63) is 35.4 Å². The molecule has 2 N–H and O–H groups in total. The van der Waals surface area contributed by atoms with E-state index in [0.717, 1.165) is 5.56 Å². The van der Waals surface area contributed by atoms with Crippen molar-refractivity contribution in [3.63, 3.8) is 0 Å². The molecule has 3 heteroatoms. The lowest BCUT2D eigenvalue weighted by Gasteiger charge is -2.28. The van der Waals surface area contributed by atoms with E-state index in [9.17, 15) is 4.79 Å². The maximum atomic E-state index is 11.6. The van der Waals surface area contributed by atoms with E-state index in [0.29, 0.717) is 0 Å². The molecular weight excluding hydrogens is 202 g/mol. The molecule has 0 aromatic heterocycles. The minimum atomic E-state index is -0.718. The van der Waals surface area contributed by atoms with Gasteiger partial charge in [0.25, 0.3) is 0 Å². The number of nitrogens with two attached hydrogens (primary N) is 1. The number of aryl methyl sites for hydroxylation is 1. The molecule has 1 rings (SSSR count). The zero-order valence-corrected chi connectivity index (χ0v) is 10.3. The summed E-state index contributed by atoms with van der Waals surface area (Å²) in [6.45, 7) is 5.60. The predicted octanol–water partition coefficient (Wildman–Crippen LogP) is 2.19. The van der Waals surface area contributed by atoms with Gasteiger partial charge in [-0.25, -0.2) is 0 Å². The van der Waals surface area contributed by atoms with Gasteiger partial charge in [-0.2, -0.15) is 0 Å². The number of carbonyl (C=O) groups excluding carboxylic acids is 1. The summed E-state index contributed by atoms with van der Waals surface area (Å²) < 4.78 is 4.76. The van der Waals surface area contributed by atoms with Crippen molar-refractivity contribution >= 4 is 5.97 Å². The molecule has 16 heavy (non-hydrogen) atoms. The van der Waals surface area contributed by atoms with E-state index < -0.39 is 5.41 Å². The molecule has 0 heterocycles. The number of hydrogen-bond donors (Lipinski definition) is 1. The first kappa shape index (κ1) is 12.7. The Morgan fingerprint density at radius 1 is 1.31 bits per heavy atom. The van der Waals surface area contributed by atoms with E-state index in [1.807, 2.05) is 31.2 Å². The summed E-state index contributed by atoms with van der Waals surface area (Å²) in [5, 5.41) is 0. The highest BCUT2D eigenvalue weighted by Crippen LogP contribution is 2.32. The SMILES string of the molecule is COC(=O)C(C)(C)[C@H](N)c1ccc(C)cc1. The van der Waals surface area contributed by atoms with Crippen LogP contribution in [0, 0.1) is 12.3 Å². The van der Waals surface area contributed by atoms with Gasteiger partial charge in [-0.15, -0.1) is 0 Å². The molecule has 0 saturated heterocycles. The number of rotatable bonds is 3. The second kappa shape index (κ2) is 4.66. The van der Waals surface area contributed by atoms with Crippen molar-refractivity contribution in [2.24, 2.45) is 11.1 Å². The molecule has 1 aromatic rings. The van der Waals surface area contributed by atoms with Gasteiger partial charge in [0.2, 0.25) is 0 Å². The summed E-state index contributed by atoms with van der Waals surface area (Å²) in [6, 6.07) is 7.51. The second-order valence-corrected chi connectivity index (χ2v) is 4.60. The van der Waals surface area contributed by atoms with Gasteiger partial charge >= 0.3 is 5.97 Å². The normalized spacial score (nSPS) is 13.3. The fraction of sp³-hybridized carbons (Fsp3) is 0.462. The van der Waals surface area contributed by atoms with Crippen LogP contribution in [0.3, 0.4) is 0 Å². The number of methoxy groups -OCH3 is 1. The van der Waals surface area contributed by atoms with Gasteiger partial charge in [-0.3, -0.25) is 4.79 Å². The third-order valence-corrected chi connectivity index (χ3v) is 2.93. The Morgan fingerprint density at radius 3 is 2.25 bits per heavy atom. The van der Waals surface area contributed by atoms with Crippen LogP contribution in [0.4, 0.5) is 0 Å². The van der Waals surface area contributed by atoms with Gasteiger partial charge in [0.15, 0.2) is 0 Å². The summed E-state index contributed by atoms with van der Waals surface area (Å²) in [4.78, 5) is 11.6. The number of benzene rings is 1. The molecule has 0 aliphatic carbocycles. The lowest BCUT2D eigenvalue weighted by molar-refractivity contribution is -0.152. The van der Waals surface area contributed by atoms with E-state index in [1.165, 1.54) is 12.7 Å². The van der Waals surface area contributed by atoms with Gasteiger partial charge in [0, 0.05) is 6.04 Å². The molecule has 0 unspecified atom stereocenters. The standard InChI is InChI=1S/C13H19NO2/c1-9-5-7-10(8-6-9)11(14)13(2,3)12(15)16-4/h5-8,11H,14H2,1-4H3/t11-/m1/s1. The van der Waals surface area contributed by atoms with Gasteiger partial charge in [0.05, 0.1) is 12.5 Å². The maximum absolute atomic E-state index is 11.6. The van der Waals surface area contributed by atoms with E-state index in [1.54, 1.807) is 13.8 Å². The van der Waals surface area contributed by atoms with Crippen molar-refractivity contribution in [1.29, 1.82) is 0 Å². The summed E-state index contributed by atoms with van der Waals surface area (Å²) in [5.41, 5.74) is 7.50. The minimum absolute atomic E-state index is 0.291. The summed E-state index contributed by atoms with van der Waals surface area (Å²) in [6.07, 6.45) is 0. The van der Waals surface area contributed by atoms with Crippen molar-refractivity contribution < 1.29 is 9.53 Å². The van der Waals surface area contributed by atoms with Gasteiger partial charge in [-0.1, -0.05) is 29.8 Å². The van der Waals surface area contributed by atoms with Crippen LogP contribution < -0.4 is 5.73 Å². The Hall–Kier alpha value is -1.35. The molecular formula is C13H19NO2. The number of hydrogen-bond acceptors (Lipinski definition) is 3. The van der Waals surface area contributed by atoms with E-state index in [-0.39, 0.29) is 12.0 Å².